The van der Waals surface area contributed by atoms with Crippen LogP contribution in [0, 0.1) is 0 Å². The van der Waals surface area contributed by atoms with Crippen LogP contribution in [0.1, 0.15) is 6.92 Å². The minimum absolute atomic E-state index is 0.194. The van der Waals surface area contributed by atoms with Crippen molar-refractivity contribution in [2.75, 3.05) is 4.81 Å². The van der Waals surface area contributed by atoms with Crippen molar-refractivity contribution in [3.8, 4) is 0 Å². The van der Waals surface area contributed by atoms with E-state index in [0.717, 1.165) is 11.8 Å². The Labute approximate surface area is 127 Å². The van der Waals surface area contributed by atoms with E-state index < -0.39 is 0 Å². The summed E-state index contributed by atoms with van der Waals surface area (Å²) in [7, 11) is 4.16. The number of hydrogen-bond acceptors (Lipinski definition) is 2. The number of hydrogen-bond donors (Lipinski definition) is 0. The van der Waals surface area contributed by atoms with Gasteiger partial charge in [-0.2, -0.15) is 0 Å². The second kappa shape index (κ2) is 5.10. The maximum atomic E-state index is 4.90. The van der Waals surface area contributed by atoms with Gasteiger partial charge in [0.05, 0.1) is 26.5 Å². The van der Waals surface area contributed by atoms with E-state index in [1.807, 2.05) is 0 Å². The first kappa shape index (κ1) is 14.0. The van der Waals surface area contributed by atoms with E-state index in [4.69, 9.17) is 4.90 Å². The molecule has 6 heteroatoms. The number of amidine groups is 1. The topological polar surface area (TPSA) is 24.4 Å². The van der Waals surface area contributed by atoms with Crippen molar-refractivity contribution in [2.24, 2.45) is 19.0 Å². The Balaban J connectivity index is 2.20. The van der Waals surface area contributed by atoms with Crippen molar-refractivity contribution in [2.45, 2.75) is 20.6 Å². The molecule has 0 atom stereocenters. The van der Waals surface area contributed by atoms with Crippen LogP contribution in [0.25, 0.3) is 0 Å². The van der Waals surface area contributed by atoms with Crippen LogP contribution in [0.15, 0.2) is 41.6 Å². The Morgan fingerprint density at radius 1 is 1.14 bits per heavy atom. The lowest BCUT2D eigenvalue weighted by Gasteiger charge is -2.22. The van der Waals surface area contributed by atoms with E-state index in [2.05, 4.69) is 85.3 Å². The maximum absolute atomic E-state index is 4.90. The van der Waals surface area contributed by atoms with Gasteiger partial charge in [-0.1, -0.05) is 36.6 Å². The number of nitrogens with zero attached hydrogens (tertiary/aromatic N) is 4. The number of aryl methyl sites for hydroxylation is 2. The van der Waals surface area contributed by atoms with E-state index in [1.54, 1.807) is 0 Å². The Morgan fingerprint density at radius 3 is 2.43 bits per heavy atom. The van der Waals surface area contributed by atoms with Crippen LogP contribution in [-0.4, -0.2) is 24.1 Å². The van der Waals surface area contributed by atoms with Crippen molar-refractivity contribution < 1.29 is 4.57 Å². The summed E-state index contributed by atoms with van der Waals surface area (Å²) in [5, 5.41) is 0. The zero-order chi connectivity index (χ0) is 15.1. The second-order valence-electron chi connectivity index (χ2n) is 5.85. The highest BCUT2D eigenvalue weighted by atomic mass is 15.3. The average molecular weight is 279 g/mol. The van der Waals surface area contributed by atoms with Crippen LogP contribution in [0.4, 0.5) is 5.95 Å². The van der Waals surface area contributed by atoms with Crippen molar-refractivity contribution in [1.29, 1.82) is 0 Å². The molecule has 1 aromatic heterocycles. The minimum Gasteiger partial charge on any atom is -0.314 e. The monoisotopic (exact) mass is 279 g/mol. The molecule has 1 aliphatic heterocycles. The summed E-state index contributed by atoms with van der Waals surface area (Å²) in [4.78, 5) is 7.23. The lowest BCUT2D eigenvalue weighted by Crippen LogP contribution is -2.56. The highest BCUT2D eigenvalue weighted by molar-refractivity contribution is 6.88. The molecule has 106 valence electrons. The Bertz CT molecular complexity index is 688. The molecule has 0 N–H and O–H groups in total. The van der Waals surface area contributed by atoms with Crippen LogP contribution in [0.3, 0.4) is 0 Å². The number of anilines is 1. The average Bonchev–Trinajstić information content (AvgIpc) is 2.75. The van der Waals surface area contributed by atoms with Crippen molar-refractivity contribution >= 4 is 36.4 Å². The van der Waals surface area contributed by atoms with Crippen molar-refractivity contribution in [3.05, 3.63) is 36.7 Å². The first-order valence-corrected chi connectivity index (χ1v) is 7.44. The van der Waals surface area contributed by atoms with Crippen LogP contribution in [0.2, 0.25) is 13.6 Å². The SMILES string of the molecule is CB1N=C(C)N(c2n(C)cc[n+]2C)B(C)c2ccccc21. The summed E-state index contributed by atoms with van der Waals surface area (Å²) in [6.07, 6.45) is 4.16. The van der Waals surface area contributed by atoms with E-state index >= 15 is 0 Å². The van der Waals surface area contributed by atoms with E-state index in [-0.39, 0.29) is 13.7 Å². The number of imidazole rings is 1. The lowest BCUT2D eigenvalue weighted by molar-refractivity contribution is -0.657. The van der Waals surface area contributed by atoms with E-state index in [9.17, 15) is 0 Å². The zero-order valence-electron chi connectivity index (χ0n) is 13.4. The fraction of sp³-hybridized carbons (Fsp3) is 0.333. The molecule has 2 aromatic rings. The van der Waals surface area contributed by atoms with Gasteiger partial charge in [-0.15, -0.1) is 0 Å². The second-order valence-corrected chi connectivity index (χ2v) is 5.85. The molecule has 0 saturated heterocycles. The van der Waals surface area contributed by atoms with Gasteiger partial charge in [0.25, 0.3) is 0 Å². The fourth-order valence-electron chi connectivity index (χ4n) is 3.34. The van der Waals surface area contributed by atoms with E-state index in [0.29, 0.717) is 0 Å². The molecule has 0 spiro atoms. The van der Waals surface area contributed by atoms with Gasteiger partial charge < -0.3 is 4.90 Å². The quantitative estimate of drug-likeness (QED) is 0.549. The summed E-state index contributed by atoms with van der Waals surface area (Å²) in [5.41, 5.74) is 2.68. The summed E-state index contributed by atoms with van der Waals surface area (Å²) in [6.45, 7) is 6.98. The predicted molar refractivity (Wildman–Crippen MR) is 91.1 cm³/mol. The van der Waals surface area contributed by atoms with Gasteiger partial charge in [0.2, 0.25) is 0 Å². The Morgan fingerprint density at radius 2 is 1.81 bits per heavy atom. The van der Waals surface area contributed by atoms with Crippen LogP contribution < -0.4 is 20.3 Å². The number of benzene rings is 1. The number of aromatic nitrogens is 2. The fourth-order valence-corrected chi connectivity index (χ4v) is 3.34. The highest BCUT2D eigenvalue weighted by Gasteiger charge is 2.38. The first-order valence-electron chi connectivity index (χ1n) is 7.44. The molecule has 1 aliphatic rings. The van der Waals surface area contributed by atoms with Crippen molar-refractivity contribution in [1.82, 2.24) is 4.57 Å². The number of rotatable bonds is 1. The number of fused-ring (bicyclic) bond motifs is 1. The molecule has 0 amide bonds. The van der Waals surface area contributed by atoms with Gasteiger partial charge >= 0.3 is 19.6 Å². The van der Waals surface area contributed by atoms with E-state index in [1.165, 1.54) is 10.9 Å². The Hall–Kier alpha value is -1.97. The van der Waals surface area contributed by atoms with Gasteiger partial charge in [-0.3, -0.25) is 4.81 Å². The molecular weight excluding hydrogens is 258 g/mol. The molecule has 0 radical (unpaired) electrons. The normalized spacial score (nSPS) is 14.9. The third kappa shape index (κ3) is 2.19. The third-order valence-corrected chi connectivity index (χ3v) is 4.37. The molecule has 2 heterocycles. The predicted octanol–water partition coefficient (Wildman–Crippen LogP) is 0.445. The van der Waals surface area contributed by atoms with Crippen LogP contribution in [-0.2, 0) is 14.1 Å². The molecule has 0 aliphatic carbocycles. The molecule has 0 bridgehead atoms. The summed E-state index contributed by atoms with van der Waals surface area (Å²) in [5.74, 6) is 2.20. The molecule has 0 saturated carbocycles. The summed E-state index contributed by atoms with van der Waals surface area (Å²) in [6, 6.07) is 8.64. The highest BCUT2D eigenvalue weighted by Crippen LogP contribution is 2.14. The van der Waals surface area contributed by atoms with Crippen molar-refractivity contribution in [3.63, 3.8) is 0 Å². The standard InChI is InChI=1S/C15H21B2N4/c1-12-18-16(2)13-8-6-7-9-14(13)17(3)21(12)15-19(4)10-11-20(15)5/h6-11H,1-5H3/q+1. The lowest BCUT2D eigenvalue weighted by atomic mass is 9.47. The third-order valence-electron chi connectivity index (χ3n) is 4.37. The molecule has 0 fully saturated rings. The molecule has 21 heavy (non-hydrogen) atoms. The molecular formula is C15H21B2N4+. The van der Waals surface area contributed by atoms with Crippen LogP contribution >= 0.6 is 0 Å². The molecule has 3 rings (SSSR count). The van der Waals surface area contributed by atoms with Gasteiger partial charge in [-0.25, -0.2) is 9.13 Å². The summed E-state index contributed by atoms with van der Waals surface area (Å²) < 4.78 is 4.29. The zero-order valence-corrected chi connectivity index (χ0v) is 13.4. The smallest absolute Gasteiger partial charge is 0.314 e. The molecule has 0 unspecified atom stereocenters. The molecule has 1 aromatic carbocycles. The van der Waals surface area contributed by atoms with Gasteiger partial charge in [0, 0.05) is 6.92 Å². The van der Waals surface area contributed by atoms with Gasteiger partial charge in [0.1, 0.15) is 5.84 Å². The summed E-state index contributed by atoms with van der Waals surface area (Å²) >= 11 is 0. The Kier molecular flexibility index (Phi) is 3.39. The van der Waals surface area contributed by atoms with Gasteiger partial charge in [0.15, 0.2) is 0 Å². The largest absolute Gasteiger partial charge is 0.375 e. The molecule has 4 nitrogen and oxygen atoms in total. The maximum Gasteiger partial charge on any atom is 0.375 e. The minimum atomic E-state index is 0.194. The first-order chi connectivity index (χ1) is 10.0. The van der Waals surface area contributed by atoms with Crippen LogP contribution in [0.5, 0.6) is 0 Å². The van der Waals surface area contributed by atoms with Gasteiger partial charge in [-0.05, 0) is 12.3 Å².